The summed E-state index contributed by atoms with van der Waals surface area (Å²) in [5, 5.41) is 2.69. The molecule has 3 nitrogen and oxygen atoms in total. The van der Waals surface area contributed by atoms with Gasteiger partial charge in [0.05, 0.1) is 6.04 Å². The van der Waals surface area contributed by atoms with E-state index in [-0.39, 0.29) is 6.54 Å². The van der Waals surface area contributed by atoms with Gasteiger partial charge in [0, 0.05) is 6.54 Å². The van der Waals surface area contributed by atoms with Crippen LogP contribution in [0.15, 0.2) is 0 Å². The van der Waals surface area contributed by atoms with Crippen molar-refractivity contribution in [1.82, 2.24) is 10.2 Å². The normalized spacial score (nSPS) is 25.6. The predicted octanol–water partition coefficient (Wildman–Crippen LogP) is 0.757. The predicted molar refractivity (Wildman–Crippen MR) is 44.7 cm³/mol. The van der Waals surface area contributed by atoms with Crippen molar-refractivity contribution in [2.24, 2.45) is 0 Å². The SMILES string of the molecule is CNC1CCN(C(C)C(F)(F)F)C1=O. The van der Waals surface area contributed by atoms with Crippen LogP contribution < -0.4 is 5.32 Å². The van der Waals surface area contributed by atoms with Crippen LogP contribution in [0.3, 0.4) is 0 Å². The molecule has 0 saturated carbocycles. The largest absolute Gasteiger partial charge is 0.408 e. The lowest BCUT2D eigenvalue weighted by atomic mass is 10.2. The third-order valence-corrected chi connectivity index (χ3v) is 2.53. The van der Waals surface area contributed by atoms with Crippen LogP contribution in [-0.4, -0.2) is 42.7 Å². The summed E-state index contributed by atoms with van der Waals surface area (Å²) >= 11 is 0. The Labute approximate surface area is 80.3 Å². The fourth-order valence-electron chi connectivity index (χ4n) is 1.53. The quantitative estimate of drug-likeness (QED) is 0.729. The second kappa shape index (κ2) is 3.76. The Morgan fingerprint density at radius 3 is 2.50 bits per heavy atom. The highest BCUT2D eigenvalue weighted by molar-refractivity contribution is 5.84. The van der Waals surface area contributed by atoms with Gasteiger partial charge in [0.2, 0.25) is 5.91 Å². The molecule has 82 valence electrons. The number of alkyl halides is 3. The average Bonchev–Trinajstić information content (AvgIpc) is 2.43. The van der Waals surface area contributed by atoms with Crippen molar-refractivity contribution in [3.8, 4) is 0 Å². The van der Waals surface area contributed by atoms with Crippen LogP contribution in [0, 0.1) is 0 Å². The van der Waals surface area contributed by atoms with Crippen LogP contribution in [0.1, 0.15) is 13.3 Å². The summed E-state index contributed by atoms with van der Waals surface area (Å²) < 4.78 is 36.9. The lowest BCUT2D eigenvalue weighted by Crippen LogP contribution is -2.47. The van der Waals surface area contributed by atoms with E-state index in [9.17, 15) is 18.0 Å². The number of likely N-dealkylation sites (tertiary alicyclic amines) is 1. The van der Waals surface area contributed by atoms with E-state index in [4.69, 9.17) is 0 Å². The molecule has 1 aliphatic rings. The number of nitrogens with zero attached hydrogens (tertiary/aromatic N) is 1. The second-order valence-corrected chi connectivity index (χ2v) is 3.38. The molecule has 1 N–H and O–H groups in total. The Bertz CT molecular complexity index is 229. The average molecular weight is 210 g/mol. The lowest BCUT2D eigenvalue weighted by molar-refractivity contribution is -0.182. The fourth-order valence-corrected chi connectivity index (χ4v) is 1.53. The first-order chi connectivity index (χ1) is 6.38. The van der Waals surface area contributed by atoms with Crippen LogP contribution in [-0.2, 0) is 4.79 Å². The summed E-state index contributed by atoms with van der Waals surface area (Å²) in [5.41, 5.74) is 0. The number of amides is 1. The first kappa shape index (κ1) is 11.3. The molecule has 0 bridgehead atoms. The standard InChI is InChI=1S/C8H13F3N2O/c1-5(8(9,10)11)13-4-3-6(12-2)7(13)14/h5-6,12H,3-4H2,1-2H3. The molecule has 0 aliphatic carbocycles. The molecule has 2 atom stereocenters. The van der Waals surface area contributed by atoms with Crippen molar-refractivity contribution >= 4 is 5.91 Å². The van der Waals surface area contributed by atoms with Crippen molar-refractivity contribution in [3.05, 3.63) is 0 Å². The lowest BCUT2D eigenvalue weighted by Gasteiger charge is -2.26. The monoisotopic (exact) mass is 210 g/mol. The van der Waals surface area contributed by atoms with E-state index in [2.05, 4.69) is 5.32 Å². The van der Waals surface area contributed by atoms with Gasteiger partial charge in [0.15, 0.2) is 0 Å². The molecule has 2 unspecified atom stereocenters. The number of halogens is 3. The number of rotatable bonds is 2. The Morgan fingerprint density at radius 2 is 2.14 bits per heavy atom. The highest BCUT2D eigenvalue weighted by atomic mass is 19.4. The minimum absolute atomic E-state index is 0.172. The highest BCUT2D eigenvalue weighted by Gasteiger charge is 2.45. The van der Waals surface area contributed by atoms with Gasteiger partial charge >= 0.3 is 6.18 Å². The molecule has 1 rings (SSSR count). The second-order valence-electron chi connectivity index (χ2n) is 3.38. The maximum Gasteiger partial charge on any atom is 0.408 e. The molecule has 1 saturated heterocycles. The van der Waals surface area contributed by atoms with Gasteiger partial charge in [-0.25, -0.2) is 0 Å². The summed E-state index contributed by atoms with van der Waals surface area (Å²) in [6.07, 6.45) is -3.89. The molecule has 0 aromatic rings. The molecule has 0 radical (unpaired) electrons. The first-order valence-electron chi connectivity index (χ1n) is 4.42. The van der Waals surface area contributed by atoms with Gasteiger partial charge in [0.1, 0.15) is 6.04 Å². The van der Waals surface area contributed by atoms with Gasteiger partial charge in [0.25, 0.3) is 0 Å². The number of carbonyl (C=O) groups excluding carboxylic acids is 1. The summed E-state index contributed by atoms with van der Waals surface area (Å²) in [6.45, 7) is 1.18. The third-order valence-electron chi connectivity index (χ3n) is 2.53. The van der Waals surface area contributed by atoms with E-state index in [0.29, 0.717) is 6.42 Å². The molecule has 1 amide bonds. The zero-order valence-electron chi connectivity index (χ0n) is 8.06. The zero-order chi connectivity index (χ0) is 10.9. The minimum Gasteiger partial charge on any atom is -0.329 e. The van der Waals surface area contributed by atoms with Crippen molar-refractivity contribution < 1.29 is 18.0 Å². The maximum atomic E-state index is 12.3. The molecule has 0 aromatic carbocycles. The van der Waals surface area contributed by atoms with Gasteiger partial charge in [-0.05, 0) is 20.4 Å². The van der Waals surface area contributed by atoms with Crippen molar-refractivity contribution in [3.63, 3.8) is 0 Å². The molecule has 1 aliphatic heterocycles. The highest BCUT2D eigenvalue weighted by Crippen LogP contribution is 2.27. The number of hydrogen-bond donors (Lipinski definition) is 1. The molecule has 14 heavy (non-hydrogen) atoms. The van der Waals surface area contributed by atoms with E-state index in [0.717, 1.165) is 11.8 Å². The van der Waals surface area contributed by atoms with Gasteiger partial charge in [-0.2, -0.15) is 13.2 Å². The molecular formula is C8H13F3N2O. The summed E-state index contributed by atoms with van der Waals surface area (Å²) in [6, 6.07) is -2.15. The van der Waals surface area contributed by atoms with E-state index in [1.165, 1.54) is 0 Å². The summed E-state index contributed by atoms with van der Waals surface area (Å²) in [7, 11) is 1.57. The van der Waals surface area contributed by atoms with Crippen LogP contribution >= 0.6 is 0 Å². The van der Waals surface area contributed by atoms with E-state index >= 15 is 0 Å². The van der Waals surface area contributed by atoms with Crippen molar-refractivity contribution in [2.75, 3.05) is 13.6 Å². The summed E-state index contributed by atoms with van der Waals surface area (Å²) in [4.78, 5) is 12.3. The summed E-state index contributed by atoms with van der Waals surface area (Å²) in [5.74, 6) is -0.461. The zero-order valence-corrected chi connectivity index (χ0v) is 8.06. The Balaban J connectivity index is 2.68. The first-order valence-corrected chi connectivity index (χ1v) is 4.42. The van der Waals surface area contributed by atoms with E-state index < -0.39 is 24.2 Å². The topological polar surface area (TPSA) is 32.3 Å². The molecule has 0 aromatic heterocycles. The number of hydrogen-bond acceptors (Lipinski definition) is 2. The van der Waals surface area contributed by atoms with Gasteiger partial charge < -0.3 is 10.2 Å². The molecule has 6 heteroatoms. The molecular weight excluding hydrogens is 197 g/mol. The minimum atomic E-state index is -4.34. The Morgan fingerprint density at radius 1 is 1.57 bits per heavy atom. The maximum absolute atomic E-state index is 12.3. The molecule has 1 fully saturated rings. The van der Waals surface area contributed by atoms with Gasteiger partial charge in [-0.3, -0.25) is 4.79 Å². The Kier molecular flexibility index (Phi) is 3.04. The van der Waals surface area contributed by atoms with E-state index in [1.54, 1.807) is 7.05 Å². The smallest absolute Gasteiger partial charge is 0.329 e. The third kappa shape index (κ3) is 2.00. The van der Waals surface area contributed by atoms with Crippen molar-refractivity contribution in [1.29, 1.82) is 0 Å². The van der Waals surface area contributed by atoms with Crippen LogP contribution in [0.25, 0.3) is 0 Å². The van der Waals surface area contributed by atoms with Crippen LogP contribution in [0.5, 0.6) is 0 Å². The Hall–Kier alpha value is -0.780. The van der Waals surface area contributed by atoms with Gasteiger partial charge in [-0.1, -0.05) is 0 Å². The van der Waals surface area contributed by atoms with Crippen molar-refractivity contribution in [2.45, 2.75) is 31.6 Å². The number of carbonyl (C=O) groups is 1. The number of nitrogens with one attached hydrogen (secondary N) is 1. The number of likely N-dealkylation sites (N-methyl/N-ethyl adjacent to an activating group) is 1. The molecule has 1 heterocycles. The van der Waals surface area contributed by atoms with Crippen LogP contribution in [0.4, 0.5) is 13.2 Å². The van der Waals surface area contributed by atoms with Gasteiger partial charge in [-0.15, -0.1) is 0 Å². The fraction of sp³-hybridized carbons (Fsp3) is 0.875. The molecule has 0 spiro atoms. The van der Waals surface area contributed by atoms with Crippen LogP contribution in [0.2, 0.25) is 0 Å². The van der Waals surface area contributed by atoms with E-state index in [1.807, 2.05) is 0 Å².